The Balaban J connectivity index is 1.53. The van der Waals surface area contributed by atoms with Gasteiger partial charge in [0.25, 0.3) is 0 Å². The average molecular weight is 265 g/mol. The van der Waals surface area contributed by atoms with E-state index < -0.39 is 0 Å². The average Bonchev–Trinajstić information content (AvgIpc) is 3.17. The van der Waals surface area contributed by atoms with E-state index in [1.165, 1.54) is 44.3 Å². The molecule has 1 N–H and O–H groups in total. The first-order valence-electron chi connectivity index (χ1n) is 7.02. The van der Waals surface area contributed by atoms with Crippen LogP contribution in [0.3, 0.4) is 0 Å². The normalized spacial score (nSPS) is 25.3. The molecule has 0 aromatic heterocycles. The zero-order valence-electron chi connectivity index (χ0n) is 10.7. The molecule has 3 rings (SSSR count). The Bertz CT molecular complexity index is 386. The van der Waals surface area contributed by atoms with E-state index in [9.17, 15) is 0 Å². The van der Waals surface area contributed by atoms with Gasteiger partial charge in [-0.15, -0.1) is 0 Å². The lowest BCUT2D eigenvalue weighted by atomic mass is 10.0. The van der Waals surface area contributed by atoms with Crippen molar-refractivity contribution in [1.82, 2.24) is 10.2 Å². The second-order valence-electron chi connectivity index (χ2n) is 5.64. The van der Waals surface area contributed by atoms with Crippen LogP contribution in [0.2, 0.25) is 5.02 Å². The van der Waals surface area contributed by atoms with E-state index in [1.807, 2.05) is 12.1 Å². The zero-order chi connectivity index (χ0) is 12.4. The zero-order valence-corrected chi connectivity index (χ0v) is 11.5. The van der Waals surface area contributed by atoms with Crippen molar-refractivity contribution in [3.8, 4) is 0 Å². The standard InChI is InChI=1S/C15H21ClN2/c16-13-5-3-12(4-6-13)10-18-9-1-2-15(11-18)17-14-7-8-14/h3-6,14-15,17H,1-2,7-11H2. The van der Waals surface area contributed by atoms with Crippen LogP contribution in [0.1, 0.15) is 31.2 Å². The molecule has 2 aliphatic rings. The molecule has 1 aromatic rings. The molecule has 0 amide bonds. The maximum absolute atomic E-state index is 5.92. The maximum atomic E-state index is 5.92. The molecule has 1 heterocycles. The van der Waals surface area contributed by atoms with Gasteiger partial charge in [0.2, 0.25) is 0 Å². The van der Waals surface area contributed by atoms with Crippen LogP contribution in [0, 0.1) is 0 Å². The Labute approximate surface area is 114 Å². The van der Waals surface area contributed by atoms with Crippen LogP contribution in [0.4, 0.5) is 0 Å². The molecule has 2 nitrogen and oxygen atoms in total. The lowest BCUT2D eigenvalue weighted by molar-refractivity contribution is 0.182. The Kier molecular flexibility index (Phi) is 3.88. The summed E-state index contributed by atoms with van der Waals surface area (Å²) >= 11 is 5.92. The fourth-order valence-corrected chi connectivity index (χ4v) is 2.89. The highest BCUT2D eigenvalue weighted by Gasteiger charge is 2.27. The van der Waals surface area contributed by atoms with E-state index in [2.05, 4.69) is 22.3 Å². The van der Waals surface area contributed by atoms with E-state index >= 15 is 0 Å². The molecule has 1 aromatic carbocycles. The molecule has 1 aliphatic heterocycles. The molecule has 0 bridgehead atoms. The second-order valence-corrected chi connectivity index (χ2v) is 6.08. The molecule has 0 spiro atoms. The van der Waals surface area contributed by atoms with E-state index in [4.69, 9.17) is 11.6 Å². The van der Waals surface area contributed by atoms with E-state index in [1.54, 1.807) is 0 Å². The summed E-state index contributed by atoms with van der Waals surface area (Å²) in [4.78, 5) is 2.56. The Morgan fingerprint density at radius 2 is 1.89 bits per heavy atom. The van der Waals surface area contributed by atoms with Gasteiger partial charge < -0.3 is 5.32 Å². The Hall–Kier alpha value is -0.570. The van der Waals surface area contributed by atoms with Crippen LogP contribution in [-0.2, 0) is 6.54 Å². The highest BCUT2D eigenvalue weighted by molar-refractivity contribution is 6.30. The number of halogens is 1. The first kappa shape index (κ1) is 12.5. The van der Waals surface area contributed by atoms with E-state index in [0.29, 0.717) is 6.04 Å². The van der Waals surface area contributed by atoms with Crippen molar-refractivity contribution in [1.29, 1.82) is 0 Å². The summed E-state index contributed by atoms with van der Waals surface area (Å²) in [5.74, 6) is 0. The number of nitrogens with zero attached hydrogens (tertiary/aromatic N) is 1. The van der Waals surface area contributed by atoms with Crippen LogP contribution < -0.4 is 5.32 Å². The minimum Gasteiger partial charge on any atom is -0.310 e. The van der Waals surface area contributed by atoms with Gasteiger partial charge in [-0.1, -0.05) is 23.7 Å². The van der Waals surface area contributed by atoms with Gasteiger partial charge in [0, 0.05) is 30.2 Å². The first-order chi connectivity index (χ1) is 8.79. The Morgan fingerprint density at radius 3 is 2.61 bits per heavy atom. The molecule has 0 radical (unpaired) electrons. The summed E-state index contributed by atoms with van der Waals surface area (Å²) in [5, 5.41) is 4.58. The summed E-state index contributed by atoms with van der Waals surface area (Å²) in [7, 11) is 0. The van der Waals surface area contributed by atoms with Gasteiger partial charge in [-0.25, -0.2) is 0 Å². The summed E-state index contributed by atoms with van der Waals surface area (Å²) in [6.45, 7) is 3.48. The molecule has 98 valence electrons. The molecule has 1 aliphatic carbocycles. The quantitative estimate of drug-likeness (QED) is 0.899. The van der Waals surface area contributed by atoms with Crippen LogP contribution >= 0.6 is 11.6 Å². The number of nitrogens with one attached hydrogen (secondary N) is 1. The highest BCUT2D eigenvalue weighted by Crippen LogP contribution is 2.22. The number of benzene rings is 1. The van der Waals surface area contributed by atoms with Gasteiger partial charge in [-0.3, -0.25) is 4.90 Å². The molecule has 2 fully saturated rings. The van der Waals surface area contributed by atoms with Crippen molar-refractivity contribution in [3.05, 3.63) is 34.9 Å². The highest BCUT2D eigenvalue weighted by atomic mass is 35.5. The lowest BCUT2D eigenvalue weighted by Crippen LogP contribution is -2.46. The van der Waals surface area contributed by atoms with Gasteiger partial charge in [-0.05, 0) is 49.9 Å². The van der Waals surface area contributed by atoms with Crippen molar-refractivity contribution in [2.45, 2.75) is 44.3 Å². The predicted octanol–water partition coefficient (Wildman–Crippen LogP) is 3.06. The molecule has 1 atom stereocenters. The minimum absolute atomic E-state index is 0.707. The third-order valence-corrected chi connectivity index (χ3v) is 4.13. The van der Waals surface area contributed by atoms with E-state index in [0.717, 1.165) is 17.6 Å². The SMILES string of the molecule is Clc1ccc(CN2CCCC(NC3CC3)C2)cc1. The smallest absolute Gasteiger partial charge is 0.0406 e. The summed E-state index contributed by atoms with van der Waals surface area (Å²) < 4.78 is 0. The molecule has 1 saturated heterocycles. The molecule has 18 heavy (non-hydrogen) atoms. The summed E-state index contributed by atoms with van der Waals surface area (Å²) in [6.07, 6.45) is 5.42. The van der Waals surface area contributed by atoms with Crippen LogP contribution in [-0.4, -0.2) is 30.1 Å². The molecule has 1 unspecified atom stereocenters. The Morgan fingerprint density at radius 1 is 1.11 bits per heavy atom. The molecule has 1 saturated carbocycles. The number of hydrogen-bond acceptors (Lipinski definition) is 2. The fourth-order valence-electron chi connectivity index (χ4n) is 2.77. The molecule has 3 heteroatoms. The van der Waals surface area contributed by atoms with E-state index in [-0.39, 0.29) is 0 Å². The molecular weight excluding hydrogens is 244 g/mol. The minimum atomic E-state index is 0.707. The van der Waals surface area contributed by atoms with Crippen molar-refractivity contribution >= 4 is 11.6 Å². The monoisotopic (exact) mass is 264 g/mol. The fraction of sp³-hybridized carbons (Fsp3) is 0.600. The first-order valence-corrected chi connectivity index (χ1v) is 7.40. The predicted molar refractivity (Wildman–Crippen MR) is 75.9 cm³/mol. The maximum Gasteiger partial charge on any atom is 0.0406 e. The van der Waals surface area contributed by atoms with Gasteiger partial charge in [0.05, 0.1) is 0 Å². The van der Waals surface area contributed by atoms with Gasteiger partial charge >= 0.3 is 0 Å². The third kappa shape index (κ3) is 3.47. The number of hydrogen-bond donors (Lipinski definition) is 1. The van der Waals surface area contributed by atoms with Gasteiger partial charge in [0.15, 0.2) is 0 Å². The largest absolute Gasteiger partial charge is 0.310 e. The van der Waals surface area contributed by atoms with Crippen LogP contribution in [0.25, 0.3) is 0 Å². The topological polar surface area (TPSA) is 15.3 Å². The summed E-state index contributed by atoms with van der Waals surface area (Å²) in [6, 6.07) is 9.78. The van der Waals surface area contributed by atoms with Gasteiger partial charge in [0.1, 0.15) is 0 Å². The van der Waals surface area contributed by atoms with Crippen molar-refractivity contribution in [2.75, 3.05) is 13.1 Å². The van der Waals surface area contributed by atoms with Crippen LogP contribution in [0.15, 0.2) is 24.3 Å². The summed E-state index contributed by atoms with van der Waals surface area (Å²) in [5.41, 5.74) is 1.37. The lowest BCUT2D eigenvalue weighted by Gasteiger charge is -2.33. The number of likely N-dealkylation sites (tertiary alicyclic amines) is 1. The number of rotatable bonds is 4. The molecular formula is C15H21ClN2. The number of piperidine rings is 1. The van der Waals surface area contributed by atoms with Crippen molar-refractivity contribution in [2.24, 2.45) is 0 Å². The third-order valence-electron chi connectivity index (χ3n) is 3.87. The van der Waals surface area contributed by atoms with Crippen molar-refractivity contribution in [3.63, 3.8) is 0 Å². The van der Waals surface area contributed by atoms with Crippen LogP contribution in [0.5, 0.6) is 0 Å². The van der Waals surface area contributed by atoms with Crippen molar-refractivity contribution < 1.29 is 0 Å². The second kappa shape index (κ2) is 5.60. The van der Waals surface area contributed by atoms with Gasteiger partial charge in [-0.2, -0.15) is 0 Å².